The molecule has 0 saturated carbocycles. The van der Waals surface area contributed by atoms with Gasteiger partial charge in [0.2, 0.25) is 0 Å². The molecule has 1 atom stereocenters. The van der Waals surface area contributed by atoms with Gasteiger partial charge in [0.1, 0.15) is 0 Å². The lowest BCUT2D eigenvalue weighted by Gasteiger charge is -2.40. The number of piperidine rings is 1. The van der Waals surface area contributed by atoms with Crippen LogP contribution in [0.25, 0.3) is 0 Å². The molecule has 0 aromatic rings. The Kier molecular flexibility index (Phi) is 3.88. The standard InChI is InChI=1S/C13H26N2O/c1-12(2)15-7-5-13(11-15)4-3-6-14(10-13)8-9-16/h12,16H,3-11H2,1-2H3. The smallest absolute Gasteiger partial charge is 0.0558 e. The molecule has 2 aliphatic rings. The zero-order valence-corrected chi connectivity index (χ0v) is 10.8. The quantitative estimate of drug-likeness (QED) is 0.783. The van der Waals surface area contributed by atoms with E-state index in [2.05, 4.69) is 23.6 Å². The van der Waals surface area contributed by atoms with Gasteiger partial charge in [0.05, 0.1) is 6.61 Å². The molecule has 0 radical (unpaired) electrons. The van der Waals surface area contributed by atoms with Crippen molar-refractivity contribution < 1.29 is 5.11 Å². The average molecular weight is 226 g/mol. The van der Waals surface area contributed by atoms with Crippen LogP contribution in [0.5, 0.6) is 0 Å². The molecule has 2 aliphatic heterocycles. The van der Waals surface area contributed by atoms with Crippen LogP contribution in [0, 0.1) is 5.41 Å². The third-order valence-electron chi connectivity index (χ3n) is 4.35. The van der Waals surface area contributed by atoms with Crippen molar-refractivity contribution in [3.63, 3.8) is 0 Å². The minimum atomic E-state index is 0.309. The lowest BCUT2D eigenvalue weighted by atomic mass is 9.79. The molecule has 0 aliphatic carbocycles. The lowest BCUT2D eigenvalue weighted by molar-refractivity contribution is 0.0750. The van der Waals surface area contributed by atoms with Crippen LogP contribution in [0.1, 0.15) is 33.1 Å². The molecular formula is C13H26N2O. The number of hydrogen-bond acceptors (Lipinski definition) is 3. The average Bonchev–Trinajstić information content (AvgIpc) is 2.63. The SMILES string of the molecule is CC(C)N1CCC2(CCCN(CCO)C2)C1. The molecular weight excluding hydrogens is 200 g/mol. The van der Waals surface area contributed by atoms with Gasteiger partial charge in [-0.05, 0) is 51.6 Å². The molecule has 94 valence electrons. The van der Waals surface area contributed by atoms with Crippen LogP contribution in [0.15, 0.2) is 0 Å². The van der Waals surface area contributed by atoms with Gasteiger partial charge >= 0.3 is 0 Å². The summed E-state index contributed by atoms with van der Waals surface area (Å²) in [6, 6.07) is 0.688. The Morgan fingerprint density at radius 2 is 2.00 bits per heavy atom. The fraction of sp³-hybridized carbons (Fsp3) is 1.00. The third-order valence-corrected chi connectivity index (χ3v) is 4.35. The second-order valence-electron chi connectivity index (χ2n) is 5.92. The van der Waals surface area contributed by atoms with Crippen LogP contribution >= 0.6 is 0 Å². The Hall–Kier alpha value is -0.120. The van der Waals surface area contributed by atoms with E-state index in [1.807, 2.05) is 0 Å². The van der Waals surface area contributed by atoms with Gasteiger partial charge in [-0.2, -0.15) is 0 Å². The number of nitrogens with zero attached hydrogens (tertiary/aromatic N) is 2. The number of aliphatic hydroxyl groups is 1. The molecule has 1 unspecified atom stereocenters. The van der Waals surface area contributed by atoms with Gasteiger partial charge < -0.3 is 14.9 Å². The normalized spacial score (nSPS) is 33.0. The first-order chi connectivity index (χ1) is 7.65. The van der Waals surface area contributed by atoms with E-state index in [9.17, 15) is 0 Å². The number of likely N-dealkylation sites (tertiary alicyclic amines) is 2. The molecule has 0 aromatic heterocycles. The van der Waals surface area contributed by atoms with Crippen molar-refractivity contribution in [2.24, 2.45) is 5.41 Å². The van der Waals surface area contributed by atoms with E-state index in [1.165, 1.54) is 45.4 Å². The minimum absolute atomic E-state index is 0.309. The van der Waals surface area contributed by atoms with Gasteiger partial charge in [0.25, 0.3) is 0 Å². The zero-order chi connectivity index (χ0) is 11.6. The van der Waals surface area contributed by atoms with Gasteiger partial charge in [-0.15, -0.1) is 0 Å². The summed E-state index contributed by atoms with van der Waals surface area (Å²) in [5.41, 5.74) is 0.539. The predicted molar refractivity (Wildman–Crippen MR) is 66.5 cm³/mol. The van der Waals surface area contributed by atoms with Gasteiger partial charge in [-0.3, -0.25) is 0 Å². The van der Waals surface area contributed by atoms with E-state index in [4.69, 9.17) is 5.11 Å². The molecule has 1 spiro atoms. The highest BCUT2D eigenvalue weighted by molar-refractivity contribution is 4.95. The van der Waals surface area contributed by atoms with E-state index >= 15 is 0 Å². The van der Waals surface area contributed by atoms with Crippen LogP contribution in [0.2, 0.25) is 0 Å². The topological polar surface area (TPSA) is 26.7 Å². The van der Waals surface area contributed by atoms with Crippen molar-refractivity contribution in [3.8, 4) is 0 Å². The summed E-state index contributed by atoms with van der Waals surface area (Å²) in [5.74, 6) is 0. The maximum absolute atomic E-state index is 9.04. The van der Waals surface area contributed by atoms with Crippen LogP contribution < -0.4 is 0 Å². The monoisotopic (exact) mass is 226 g/mol. The number of β-amino-alcohol motifs (C(OH)–C–C–N with tert-alkyl or cyclic N) is 1. The molecule has 2 heterocycles. The first kappa shape index (κ1) is 12.3. The molecule has 3 nitrogen and oxygen atoms in total. The largest absolute Gasteiger partial charge is 0.395 e. The highest BCUT2D eigenvalue weighted by Gasteiger charge is 2.41. The molecule has 3 heteroatoms. The Labute approximate surface area is 99.4 Å². The van der Waals surface area contributed by atoms with E-state index in [0.29, 0.717) is 18.1 Å². The Morgan fingerprint density at radius 3 is 2.62 bits per heavy atom. The second kappa shape index (κ2) is 5.03. The molecule has 0 aromatic carbocycles. The summed E-state index contributed by atoms with van der Waals surface area (Å²) < 4.78 is 0. The fourth-order valence-corrected chi connectivity index (χ4v) is 3.39. The first-order valence-electron chi connectivity index (χ1n) is 6.72. The summed E-state index contributed by atoms with van der Waals surface area (Å²) in [6.07, 6.45) is 4.05. The molecule has 0 amide bonds. The number of aliphatic hydroxyl groups excluding tert-OH is 1. The molecule has 1 N–H and O–H groups in total. The van der Waals surface area contributed by atoms with E-state index in [1.54, 1.807) is 0 Å². The number of rotatable bonds is 3. The van der Waals surface area contributed by atoms with Crippen molar-refractivity contribution in [2.45, 2.75) is 39.2 Å². The summed E-state index contributed by atoms with van der Waals surface area (Å²) in [4.78, 5) is 5.07. The van der Waals surface area contributed by atoms with Crippen LogP contribution in [-0.2, 0) is 0 Å². The first-order valence-corrected chi connectivity index (χ1v) is 6.72. The summed E-state index contributed by atoms with van der Waals surface area (Å²) in [6.45, 7) is 10.7. The maximum atomic E-state index is 9.04. The summed E-state index contributed by atoms with van der Waals surface area (Å²) in [7, 11) is 0. The van der Waals surface area contributed by atoms with Crippen molar-refractivity contribution in [2.75, 3.05) is 39.3 Å². The maximum Gasteiger partial charge on any atom is 0.0558 e. The Bertz CT molecular complexity index is 230. The van der Waals surface area contributed by atoms with Gasteiger partial charge in [0, 0.05) is 25.7 Å². The van der Waals surface area contributed by atoms with Crippen LogP contribution in [0.4, 0.5) is 0 Å². The number of hydrogen-bond donors (Lipinski definition) is 1. The van der Waals surface area contributed by atoms with Gasteiger partial charge in [0.15, 0.2) is 0 Å². The Balaban J connectivity index is 1.93. The molecule has 2 rings (SSSR count). The van der Waals surface area contributed by atoms with E-state index in [0.717, 1.165) is 6.54 Å². The van der Waals surface area contributed by atoms with Crippen molar-refractivity contribution in [1.29, 1.82) is 0 Å². The molecule has 16 heavy (non-hydrogen) atoms. The second-order valence-corrected chi connectivity index (χ2v) is 5.92. The van der Waals surface area contributed by atoms with E-state index < -0.39 is 0 Å². The van der Waals surface area contributed by atoms with Crippen LogP contribution in [0.3, 0.4) is 0 Å². The van der Waals surface area contributed by atoms with Gasteiger partial charge in [-0.25, -0.2) is 0 Å². The lowest BCUT2D eigenvalue weighted by Crippen LogP contribution is -2.46. The minimum Gasteiger partial charge on any atom is -0.395 e. The fourth-order valence-electron chi connectivity index (χ4n) is 3.39. The highest BCUT2D eigenvalue weighted by Crippen LogP contribution is 2.39. The van der Waals surface area contributed by atoms with Crippen LogP contribution in [-0.4, -0.2) is 60.3 Å². The molecule has 2 fully saturated rings. The predicted octanol–water partition coefficient (Wildman–Crippen LogP) is 1.18. The third kappa shape index (κ3) is 2.58. The Morgan fingerprint density at radius 1 is 1.19 bits per heavy atom. The molecule has 0 bridgehead atoms. The molecule has 2 saturated heterocycles. The highest BCUT2D eigenvalue weighted by atomic mass is 16.3. The van der Waals surface area contributed by atoms with Crippen molar-refractivity contribution >= 4 is 0 Å². The van der Waals surface area contributed by atoms with Crippen molar-refractivity contribution in [1.82, 2.24) is 9.80 Å². The van der Waals surface area contributed by atoms with Gasteiger partial charge in [-0.1, -0.05) is 0 Å². The summed E-state index contributed by atoms with van der Waals surface area (Å²) >= 11 is 0. The van der Waals surface area contributed by atoms with E-state index in [-0.39, 0.29) is 0 Å². The summed E-state index contributed by atoms with van der Waals surface area (Å²) in [5, 5.41) is 9.04. The van der Waals surface area contributed by atoms with Crippen molar-refractivity contribution in [3.05, 3.63) is 0 Å². The zero-order valence-electron chi connectivity index (χ0n) is 10.8.